The van der Waals surface area contributed by atoms with Gasteiger partial charge in [-0.05, 0) is 32.4 Å². The van der Waals surface area contributed by atoms with Crippen molar-refractivity contribution in [2.75, 3.05) is 31.1 Å². The van der Waals surface area contributed by atoms with Crippen LogP contribution in [0, 0.1) is 0 Å². The molecule has 2 saturated heterocycles. The van der Waals surface area contributed by atoms with Crippen molar-refractivity contribution >= 4 is 28.2 Å². The van der Waals surface area contributed by atoms with Crippen LogP contribution in [-0.2, 0) is 0 Å². The van der Waals surface area contributed by atoms with Crippen molar-refractivity contribution in [1.82, 2.24) is 9.88 Å². The Hall–Kier alpha value is -1.47. The van der Waals surface area contributed by atoms with Crippen molar-refractivity contribution in [3.8, 4) is 0 Å². The summed E-state index contributed by atoms with van der Waals surface area (Å²) in [6.45, 7) is 5.47. The van der Waals surface area contributed by atoms with Crippen LogP contribution in [0.2, 0.25) is 0 Å². The Morgan fingerprint density at radius 1 is 1.29 bits per heavy atom. The number of aromatic nitrogens is 1. The molecule has 3 heterocycles. The summed E-state index contributed by atoms with van der Waals surface area (Å²) in [5.41, 5.74) is -0.105. The molecule has 1 unspecified atom stereocenters. The number of hydrogen-bond donors (Lipinski definition) is 1. The minimum Gasteiger partial charge on any atom is -0.476 e. The zero-order chi connectivity index (χ0) is 15.0. The average molecular weight is 309 g/mol. The van der Waals surface area contributed by atoms with Crippen LogP contribution in [0.1, 0.15) is 46.3 Å². The van der Waals surface area contributed by atoms with Gasteiger partial charge in [-0.25, -0.2) is 9.78 Å². The maximum atomic E-state index is 11.6. The standard InChI is InChI=1S/C14H19N3O3S/c1-9(18)12-11(13(19)20)15-14(21-12)17-7-4-10(8-17)16-5-2-3-6-16/h10H,2-8H2,1H3,(H,19,20). The molecular weight excluding hydrogens is 290 g/mol. The number of hydrogen-bond acceptors (Lipinski definition) is 6. The fourth-order valence-corrected chi connectivity index (χ4v) is 4.14. The molecule has 0 radical (unpaired) electrons. The van der Waals surface area contributed by atoms with Gasteiger partial charge in [-0.1, -0.05) is 11.3 Å². The zero-order valence-electron chi connectivity index (χ0n) is 12.0. The molecule has 1 atom stereocenters. The van der Waals surface area contributed by atoms with Crippen molar-refractivity contribution in [3.05, 3.63) is 10.6 Å². The molecule has 114 valence electrons. The zero-order valence-corrected chi connectivity index (χ0v) is 12.9. The Kier molecular flexibility index (Phi) is 3.95. The summed E-state index contributed by atoms with van der Waals surface area (Å²) in [5, 5.41) is 9.83. The van der Waals surface area contributed by atoms with Crippen LogP contribution in [0.4, 0.5) is 5.13 Å². The molecule has 2 aliphatic heterocycles. The molecule has 1 N–H and O–H groups in total. The third-order valence-corrected chi connectivity index (χ3v) is 5.45. The molecule has 0 saturated carbocycles. The summed E-state index contributed by atoms with van der Waals surface area (Å²) in [7, 11) is 0. The number of anilines is 1. The predicted molar refractivity (Wildman–Crippen MR) is 80.5 cm³/mol. The summed E-state index contributed by atoms with van der Waals surface area (Å²) in [5.74, 6) is -1.36. The van der Waals surface area contributed by atoms with Crippen molar-refractivity contribution in [2.24, 2.45) is 0 Å². The Bertz CT molecular complexity index is 534. The van der Waals surface area contributed by atoms with E-state index < -0.39 is 5.97 Å². The smallest absolute Gasteiger partial charge is 0.356 e. The summed E-state index contributed by atoms with van der Waals surface area (Å²) >= 11 is 1.20. The number of nitrogens with zero attached hydrogens (tertiary/aromatic N) is 3. The second kappa shape index (κ2) is 5.73. The highest BCUT2D eigenvalue weighted by molar-refractivity contribution is 7.17. The van der Waals surface area contributed by atoms with Gasteiger partial charge < -0.3 is 10.0 Å². The van der Waals surface area contributed by atoms with Gasteiger partial charge in [-0.2, -0.15) is 0 Å². The molecule has 0 aromatic carbocycles. The molecule has 21 heavy (non-hydrogen) atoms. The topological polar surface area (TPSA) is 73.7 Å². The molecular formula is C14H19N3O3S. The second-order valence-electron chi connectivity index (χ2n) is 5.67. The first-order chi connectivity index (χ1) is 10.1. The average Bonchev–Trinajstić information content (AvgIpc) is 3.17. The fraction of sp³-hybridized carbons (Fsp3) is 0.643. The molecule has 3 rings (SSSR count). The van der Waals surface area contributed by atoms with Crippen LogP contribution in [0.25, 0.3) is 0 Å². The van der Waals surface area contributed by atoms with E-state index in [1.165, 1.54) is 31.1 Å². The number of carbonyl (C=O) groups excluding carboxylic acids is 1. The molecule has 2 aliphatic rings. The summed E-state index contributed by atoms with van der Waals surface area (Å²) < 4.78 is 0. The largest absolute Gasteiger partial charge is 0.476 e. The number of carboxylic acid groups (broad SMARTS) is 1. The first-order valence-corrected chi connectivity index (χ1v) is 8.12. The van der Waals surface area contributed by atoms with Crippen molar-refractivity contribution in [1.29, 1.82) is 0 Å². The van der Waals surface area contributed by atoms with Gasteiger partial charge in [0.05, 0.1) is 0 Å². The number of thiazole rings is 1. The predicted octanol–water partition coefficient (Wildman–Crippen LogP) is 1.72. The molecule has 7 heteroatoms. The number of Topliss-reactive ketones (excluding diaryl/α,β-unsaturated/α-hetero) is 1. The van der Waals surface area contributed by atoms with Crippen LogP contribution in [-0.4, -0.2) is 59.0 Å². The normalized spacial score (nSPS) is 22.9. The summed E-state index contributed by atoms with van der Waals surface area (Å²) in [6.07, 6.45) is 3.62. The van der Waals surface area contributed by atoms with Crippen molar-refractivity contribution in [2.45, 2.75) is 32.2 Å². The van der Waals surface area contributed by atoms with E-state index in [2.05, 4.69) is 14.8 Å². The third kappa shape index (κ3) is 2.80. The quantitative estimate of drug-likeness (QED) is 0.854. The van der Waals surface area contributed by atoms with Crippen LogP contribution in [0.3, 0.4) is 0 Å². The highest BCUT2D eigenvalue weighted by atomic mass is 32.1. The SMILES string of the molecule is CC(=O)c1sc(N2CCC(N3CCCC3)C2)nc1C(=O)O. The molecule has 2 fully saturated rings. The lowest BCUT2D eigenvalue weighted by molar-refractivity contribution is 0.0687. The van der Waals surface area contributed by atoms with E-state index in [4.69, 9.17) is 5.11 Å². The Balaban J connectivity index is 1.77. The fourth-order valence-electron chi connectivity index (χ4n) is 3.15. The maximum Gasteiger partial charge on any atom is 0.356 e. The summed E-state index contributed by atoms with van der Waals surface area (Å²) in [6, 6.07) is 0.533. The molecule has 0 aliphatic carbocycles. The van der Waals surface area contributed by atoms with Gasteiger partial charge in [0.1, 0.15) is 4.88 Å². The van der Waals surface area contributed by atoms with Crippen LogP contribution in [0.5, 0.6) is 0 Å². The minimum atomic E-state index is -1.13. The lowest BCUT2D eigenvalue weighted by Crippen LogP contribution is -2.35. The summed E-state index contributed by atoms with van der Waals surface area (Å²) in [4.78, 5) is 31.8. The van der Waals surface area contributed by atoms with Crippen LogP contribution >= 0.6 is 11.3 Å². The maximum absolute atomic E-state index is 11.6. The van der Waals surface area contributed by atoms with E-state index in [0.29, 0.717) is 11.2 Å². The Morgan fingerprint density at radius 2 is 2.00 bits per heavy atom. The monoisotopic (exact) mass is 309 g/mol. The molecule has 0 bridgehead atoms. The van der Waals surface area contributed by atoms with Crippen molar-refractivity contribution in [3.63, 3.8) is 0 Å². The number of aromatic carboxylic acids is 1. The van der Waals surface area contributed by atoms with E-state index in [1.807, 2.05) is 0 Å². The number of likely N-dealkylation sites (tertiary alicyclic amines) is 1. The number of rotatable bonds is 4. The van der Waals surface area contributed by atoms with Gasteiger partial charge in [-0.15, -0.1) is 0 Å². The van der Waals surface area contributed by atoms with Gasteiger partial charge in [0.2, 0.25) is 0 Å². The van der Waals surface area contributed by atoms with E-state index in [9.17, 15) is 9.59 Å². The lowest BCUT2D eigenvalue weighted by atomic mass is 10.2. The van der Waals surface area contributed by atoms with Gasteiger partial charge in [0, 0.05) is 26.1 Å². The molecule has 0 spiro atoms. The first-order valence-electron chi connectivity index (χ1n) is 7.30. The van der Waals surface area contributed by atoms with Crippen LogP contribution < -0.4 is 4.90 Å². The highest BCUT2D eigenvalue weighted by Gasteiger charge is 2.32. The van der Waals surface area contributed by atoms with E-state index in [0.717, 1.165) is 32.6 Å². The van der Waals surface area contributed by atoms with Crippen LogP contribution in [0.15, 0.2) is 0 Å². The van der Waals surface area contributed by atoms with Gasteiger partial charge in [0.15, 0.2) is 16.6 Å². The van der Waals surface area contributed by atoms with Gasteiger partial charge in [-0.3, -0.25) is 9.69 Å². The number of ketones is 1. The van der Waals surface area contributed by atoms with E-state index in [1.54, 1.807) is 0 Å². The minimum absolute atomic E-state index is 0.105. The van der Waals surface area contributed by atoms with Crippen molar-refractivity contribution < 1.29 is 14.7 Å². The second-order valence-corrected chi connectivity index (χ2v) is 6.64. The van der Waals surface area contributed by atoms with E-state index in [-0.39, 0.29) is 16.4 Å². The first kappa shape index (κ1) is 14.5. The molecule has 1 aromatic heterocycles. The molecule has 0 amide bonds. The number of carbonyl (C=O) groups is 2. The third-order valence-electron chi connectivity index (χ3n) is 4.23. The molecule has 1 aromatic rings. The van der Waals surface area contributed by atoms with E-state index >= 15 is 0 Å². The Labute approximate surface area is 127 Å². The number of carboxylic acids is 1. The Morgan fingerprint density at radius 3 is 2.57 bits per heavy atom. The highest BCUT2D eigenvalue weighted by Crippen LogP contribution is 2.31. The van der Waals surface area contributed by atoms with Gasteiger partial charge in [0.25, 0.3) is 0 Å². The lowest BCUT2D eigenvalue weighted by Gasteiger charge is -2.23. The van der Waals surface area contributed by atoms with Gasteiger partial charge >= 0.3 is 5.97 Å². The molecule has 6 nitrogen and oxygen atoms in total.